The van der Waals surface area contributed by atoms with Crippen LogP contribution < -0.4 is 0 Å². The molecule has 0 amide bonds. The average molecular weight is 242 g/mol. The number of benzene rings is 1. The Morgan fingerprint density at radius 2 is 1.61 bits per heavy atom. The summed E-state index contributed by atoms with van der Waals surface area (Å²) in [4.78, 5) is 22.7. The van der Waals surface area contributed by atoms with Crippen LogP contribution in [-0.2, 0) is 22.4 Å². The number of fused-ring (bicyclic) bond motifs is 1. The number of aryl methyl sites for hydroxylation is 1. The van der Waals surface area contributed by atoms with Crippen LogP contribution in [0.1, 0.15) is 54.7 Å². The van der Waals surface area contributed by atoms with E-state index in [1.54, 1.807) is 0 Å². The molecule has 0 bridgehead atoms. The highest BCUT2D eigenvalue weighted by atomic mass is 16.1. The van der Waals surface area contributed by atoms with Gasteiger partial charge in [0.25, 0.3) is 0 Å². The van der Waals surface area contributed by atoms with Gasteiger partial charge in [-0.25, -0.2) is 0 Å². The first kappa shape index (κ1) is 11.6. The van der Waals surface area contributed by atoms with Gasteiger partial charge in [-0.3, -0.25) is 9.59 Å². The van der Waals surface area contributed by atoms with Crippen LogP contribution in [0.3, 0.4) is 0 Å². The average Bonchev–Trinajstić information content (AvgIpc) is 2.39. The molecule has 0 heterocycles. The van der Waals surface area contributed by atoms with Crippen molar-refractivity contribution >= 4 is 11.6 Å². The fourth-order valence-electron chi connectivity index (χ4n) is 3.15. The van der Waals surface area contributed by atoms with Gasteiger partial charge in [-0.1, -0.05) is 18.2 Å². The predicted molar refractivity (Wildman–Crippen MR) is 69.7 cm³/mol. The quantitative estimate of drug-likeness (QED) is 0.758. The molecule has 2 aliphatic rings. The molecule has 0 spiro atoms. The van der Waals surface area contributed by atoms with Crippen LogP contribution in [0, 0.1) is 0 Å². The number of rotatable bonds is 1. The van der Waals surface area contributed by atoms with E-state index in [9.17, 15) is 9.59 Å². The molecule has 0 radical (unpaired) electrons. The van der Waals surface area contributed by atoms with E-state index in [2.05, 4.69) is 18.2 Å². The Hall–Kier alpha value is -1.44. The van der Waals surface area contributed by atoms with E-state index in [0.29, 0.717) is 30.3 Å². The van der Waals surface area contributed by atoms with Crippen molar-refractivity contribution in [2.75, 3.05) is 0 Å². The zero-order chi connectivity index (χ0) is 12.5. The molecule has 18 heavy (non-hydrogen) atoms. The topological polar surface area (TPSA) is 34.1 Å². The predicted octanol–water partition coefficient (Wildman–Crippen LogP) is 2.97. The number of hydrogen-bond donors (Lipinski definition) is 0. The van der Waals surface area contributed by atoms with Gasteiger partial charge in [0.05, 0.1) is 0 Å². The third kappa shape index (κ3) is 2.24. The third-order valence-corrected chi connectivity index (χ3v) is 4.31. The molecule has 0 aliphatic heterocycles. The molecule has 1 fully saturated rings. The van der Waals surface area contributed by atoms with Gasteiger partial charge < -0.3 is 0 Å². The maximum Gasteiger partial charge on any atom is 0.137 e. The third-order valence-electron chi connectivity index (χ3n) is 4.31. The Morgan fingerprint density at radius 1 is 0.833 bits per heavy atom. The van der Waals surface area contributed by atoms with Gasteiger partial charge in [0.2, 0.25) is 0 Å². The number of carbonyl (C=O) groups is 2. The molecule has 2 heteroatoms. The molecule has 1 aromatic rings. The maximum atomic E-state index is 11.4. The van der Waals surface area contributed by atoms with Crippen molar-refractivity contribution in [2.45, 2.75) is 50.9 Å². The van der Waals surface area contributed by atoms with Crippen molar-refractivity contribution in [3.05, 3.63) is 34.9 Å². The minimum Gasteiger partial charge on any atom is -0.300 e. The van der Waals surface area contributed by atoms with Gasteiger partial charge in [-0.15, -0.1) is 0 Å². The molecule has 0 aromatic heterocycles. The Bertz CT molecular complexity index is 492. The normalized spacial score (nSPS) is 20.9. The second kappa shape index (κ2) is 4.68. The first-order valence-corrected chi connectivity index (χ1v) is 6.87. The highest BCUT2D eigenvalue weighted by molar-refractivity contribution is 5.83. The van der Waals surface area contributed by atoms with Crippen LogP contribution in [0.5, 0.6) is 0 Å². The standard InChI is InChI=1S/C16H18O2/c17-15-6-3-11(4-7-15)12-1-2-14-10-16(18)8-5-13(14)9-12/h1-2,9,11H,3-8,10H2. The fourth-order valence-corrected chi connectivity index (χ4v) is 3.15. The van der Waals surface area contributed by atoms with Crippen molar-refractivity contribution in [2.24, 2.45) is 0 Å². The minimum absolute atomic E-state index is 0.360. The summed E-state index contributed by atoms with van der Waals surface area (Å²) in [6.45, 7) is 0. The summed E-state index contributed by atoms with van der Waals surface area (Å²) >= 11 is 0. The van der Waals surface area contributed by atoms with Gasteiger partial charge in [0.15, 0.2) is 0 Å². The molecule has 1 aromatic carbocycles. The van der Waals surface area contributed by atoms with Crippen molar-refractivity contribution in [3.8, 4) is 0 Å². The summed E-state index contributed by atoms with van der Waals surface area (Å²) in [5, 5.41) is 0. The van der Waals surface area contributed by atoms with Gasteiger partial charge in [0, 0.05) is 25.7 Å². The van der Waals surface area contributed by atoms with Crippen LogP contribution in [0.15, 0.2) is 18.2 Å². The second-order valence-electron chi connectivity index (χ2n) is 5.56. The summed E-state index contributed by atoms with van der Waals surface area (Å²) in [6, 6.07) is 6.57. The lowest BCUT2D eigenvalue weighted by atomic mass is 9.81. The van der Waals surface area contributed by atoms with Gasteiger partial charge in [0.1, 0.15) is 11.6 Å². The maximum absolute atomic E-state index is 11.4. The highest BCUT2D eigenvalue weighted by Gasteiger charge is 2.22. The van der Waals surface area contributed by atoms with Gasteiger partial charge >= 0.3 is 0 Å². The van der Waals surface area contributed by atoms with Crippen LogP contribution in [0.25, 0.3) is 0 Å². The van der Waals surface area contributed by atoms with Crippen molar-refractivity contribution < 1.29 is 9.59 Å². The van der Waals surface area contributed by atoms with Crippen molar-refractivity contribution in [1.82, 2.24) is 0 Å². The molecule has 1 saturated carbocycles. The molecule has 2 nitrogen and oxygen atoms in total. The summed E-state index contributed by atoms with van der Waals surface area (Å²) < 4.78 is 0. The number of hydrogen-bond acceptors (Lipinski definition) is 2. The smallest absolute Gasteiger partial charge is 0.137 e. The van der Waals surface area contributed by atoms with Gasteiger partial charge in [-0.2, -0.15) is 0 Å². The largest absolute Gasteiger partial charge is 0.300 e. The Kier molecular flexibility index (Phi) is 3.02. The molecule has 94 valence electrons. The second-order valence-corrected chi connectivity index (χ2v) is 5.56. The van der Waals surface area contributed by atoms with E-state index in [-0.39, 0.29) is 0 Å². The monoisotopic (exact) mass is 242 g/mol. The van der Waals surface area contributed by atoms with E-state index < -0.39 is 0 Å². The fraction of sp³-hybridized carbons (Fsp3) is 0.500. The van der Waals surface area contributed by atoms with E-state index in [0.717, 1.165) is 32.1 Å². The van der Waals surface area contributed by atoms with Crippen LogP contribution >= 0.6 is 0 Å². The Morgan fingerprint density at radius 3 is 2.39 bits per heavy atom. The minimum atomic E-state index is 0.360. The summed E-state index contributed by atoms with van der Waals surface area (Å²) in [7, 11) is 0. The van der Waals surface area contributed by atoms with Crippen LogP contribution in [0.2, 0.25) is 0 Å². The lowest BCUT2D eigenvalue weighted by molar-refractivity contribution is -0.120. The molecule has 3 rings (SSSR count). The zero-order valence-electron chi connectivity index (χ0n) is 10.6. The van der Waals surface area contributed by atoms with E-state index in [1.165, 1.54) is 16.7 Å². The Balaban J connectivity index is 1.82. The number of carbonyl (C=O) groups excluding carboxylic acids is 2. The van der Waals surface area contributed by atoms with E-state index >= 15 is 0 Å². The SMILES string of the molecule is O=C1CCC(c2ccc3c(c2)CCC(=O)C3)CC1. The number of ketones is 2. The summed E-state index contributed by atoms with van der Waals surface area (Å²) in [5.41, 5.74) is 3.93. The first-order chi connectivity index (χ1) is 8.72. The van der Waals surface area contributed by atoms with Crippen LogP contribution in [0.4, 0.5) is 0 Å². The van der Waals surface area contributed by atoms with E-state index in [4.69, 9.17) is 0 Å². The van der Waals surface area contributed by atoms with E-state index in [1.807, 2.05) is 0 Å². The van der Waals surface area contributed by atoms with Crippen LogP contribution in [-0.4, -0.2) is 11.6 Å². The summed E-state index contributed by atoms with van der Waals surface area (Å²) in [5.74, 6) is 1.32. The molecule has 0 atom stereocenters. The zero-order valence-corrected chi connectivity index (χ0v) is 10.6. The lowest BCUT2D eigenvalue weighted by Crippen LogP contribution is -2.15. The molecule has 0 N–H and O–H groups in total. The first-order valence-electron chi connectivity index (χ1n) is 6.87. The van der Waals surface area contributed by atoms with Crippen molar-refractivity contribution in [1.29, 1.82) is 0 Å². The highest BCUT2D eigenvalue weighted by Crippen LogP contribution is 2.33. The molecular formula is C16H18O2. The molecular weight excluding hydrogens is 224 g/mol. The number of Topliss-reactive ketones (excluding diaryl/α,β-unsaturated/α-hetero) is 2. The summed E-state index contributed by atoms with van der Waals surface area (Å²) in [6.07, 6.45) is 5.67. The molecule has 2 aliphatic carbocycles. The van der Waals surface area contributed by atoms with Crippen molar-refractivity contribution in [3.63, 3.8) is 0 Å². The lowest BCUT2D eigenvalue weighted by Gasteiger charge is -2.23. The molecule has 0 unspecified atom stereocenters. The Labute approximate surface area is 107 Å². The van der Waals surface area contributed by atoms with Gasteiger partial charge in [-0.05, 0) is 41.9 Å². The molecule has 0 saturated heterocycles.